The van der Waals surface area contributed by atoms with Gasteiger partial charge in [-0.25, -0.2) is 4.98 Å². The molecule has 4 nitrogen and oxygen atoms in total. The molecule has 0 aliphatic carbocycles. The second kappa shape index (κ2) is 6.73. The summed E-state index contributed by atoms with van der Waals surface area (Å²) in [7, 11) is 3.98. The van der Waals surface area contributed by atoms with E-state index in [1.54, 1.807) is 0 Å². The fourth-order valence-corrected chi connectivity index (χ4v) is 3.27. The van der Waals surface area contributed by atoms with E-state index in [1.165, 1.54) is 0 Å². The zero-order valence-electron chi connectivity index (χ0n) is 15.0. The van der Waals surface area contributed by atoms with Gasteiger partial charge in [-0.05, 0) is 31.6 Å². The van der Waals surface area contributed by atoms with Crippen molar-refractivity contribution in [3.63, 3.8) is 0 Å². The number of nitrogens with one attached hydrogen (secondary N) is 1. The van der Waals surface area contributed by atoms with Crippen LogP contribution in [0.4, 0.5) is 0 Å². The molecule has 1 heterocycles. The molecule has 0 aliphatic heterocycles. The van der Waals surface area contributed by atoms with Gasteiger partial charge in [-0.2, -0.15) is 0 Å². The standard InChI is InChI=1S/C22H21N3O/c1-25(2)13-12-23-22(26)19-9-5-7-16-14-17-11-10-15-6-3-4-8-18(15)20(17)24-21(16)19/h3-11,14H,12-13H2,1-2H3,(H,23,26). The highest BCUT2D eigenvalue weighted by atomic mass is 16.1. The van der Waals surface area contributed by atoms with E-state index < -0.39 is 0 Å². The molecule has 3 aromatic carbocycles. The van der Waals surface area contributed by atoms with Crippen LogP contribution in [-0.2, 0) is 0 Å². The lowest BCUT2D eigenvalue weighted by atomic mass is 10.0. The first-order valence-electron chi connectivity index (χ1n) is 8.77. The van der Waals surface area contributed by atoms with Gasteiger partial charge in [-0.3, -0.25) is 4.79 Å². The lowest BCUT2D eigenvalue weighted by Crippen LogP contribution is -2.31. The number of pyridine rings is 1. The molecule has 130 valence electrons. The Labute approximate surface area is 152 Å². The summed E-state index contributed by atoms with van der Waals surface area (Å²) >= 11 is 0. The van der Waals surface area contributed by atoms with E-state index in [-0.39, 0.29) is 5.91 Å². The predicted octanol–water partition coefficient (Wildman–Crippen LogP) is 3.83. The Kier molecular flexibility index (Phi) is 4.27. The van der Waals surface area contributed by atoms with Crippen molar-refractivity contribution in [2.75, 3.05) is 27.2 Å². The van der Waals surface area contributed by atoms with Crippen LogP contribution in [0.1, 0.15) is 10.4 Å². The smallest absolute Gasteiger partial charge is 0.253 e. The summed E-state index contributed by atoms with van der Waals surface area (Å²) in [6, 6.07) is 20.3. The van der Waals surface area contributed by atoms with Crippen molar-refractivity contribution in [2.45, 2.75) is 0 Å². The minimum Gasteiger partial charge on any atom is -0.351 e. The molecule has 4 aromatic rings. The summed E-state index contributed by atoms with van der Waals surface area (Å²) < 4.78 is 0. The van der Waals surface area contributed by atoms with Gasteiger partial charge < -0.3 is 10.2 Å². The monoisotopic (exact) mass is 343 g/mol. The molecule has 0 bridgehead atoms. The third kappa shape index (κ3) is 3.00. The number of benzene rings is 3. The number of carbonyl (C=O) groups excluding carboxylic acids is 1. The van der Waals surface area contributed by atoms with Gasteiger partial charge in [-0.15, -0.1) is 0 Å². The van der Waals surface area contributed by atoms with Gasteiger partial charge >= 0.3 is 0 Å². The Balaban J connectivity index is 1.85. The van der Waals surface area contributed by atoms with E-state index in [2.05, 4.69) is 35.6 Å². The quantitative estimate of drug-likeness (QED) is 0.452. The summed E-state index contributed by atoms with van der Waals surface area (Å²) in [5, 5.41) is 7.31. The normalized spacial score (nSPS) is 11.5. The van der Waals surface area contributed by atoms with Crippen LogP contribution < -0.4 is 5.32 Å². The van der Waals surface area contributed by atoms with E-state index >= 15 is 0 Å². The molecule has 0 saturated heterocycles. The number of para-hydroxylation sites is 1. The average molecular weight is 343 g/mol. The first kappa shape index (κ1) is 16.5. The van der Waals surface area contributed by atoms with Gasteiger partial charge in [0.25, 0.3) is 5.91 Å². The van der Waals surface area contributed by atoms with Crippen molar-refractivity contribution in [1.82, 2.24) is 15.2 Å². The number of hydrogen-bond donors (Lipinski definition) is 1. The van der Waals surface area contributed by atoms with Crippen molar-refractivity contribution >= 4 is 38.5 Å². The number of amides is 1. The fourth-order valence-electron chi connectivity index (χ4n) is 3.27. The van der Waals surface area contributed by atoms with Crippen LogP contribution in [0.5, 0.6) is 0 Å². The first-order valence-corrected chi connectivity index (χ1v) is 8.77. The molecule has 4 rings (SSSR count). The van der Waals surface area contributed by atoms with Crippen molar-refractivity contribution in [3.05, 3.63) is 66.2 Å². The van der Waals surface area contributed by atoms with E-state index in [9.17, 15) is 4.79 Å². The number of likely N-dealkylation sites (N-methyl/N-ethyl adjacent to an activating group) is 1. The highest BCUT2D eigenvalue weighted by Crippen LogP contribution is 2.28. The second-order valence-corrected chi connectivity index (χ2v) is 6.78. The highest BCUT2D eigenvalue weighted by Gasteiger charge is 2.12. The van der Waals surface area contributed by atoms with Crippen LogP contribution in [0.2, 0.25) is 0 Å². The average Bonchev–Trinajstić information content (AvgIpc) is 2.65. The molecule has 0 saturated carbocycles. The molecular formula is C22H21N3O. The Morgan fingerprint density at radius 3 is 2.50 bits per heavy atom. The van der Waals surface area contributed by atoms with Crippen molar-refractivity contribution in [3.8, 4) is 0 Å². The van der Waals surface area contributed by atoms with Crippen molar-refractivity contribution < 1.29 is 4.79 Å². The summed E-state index contributed by atoms with van der Waals surface area (Å²) in [6.07, 6.45) is 0. The Bertz CT molecular complexity index is 1120. The Morgan fingerprint density at radius 2 is 1.65 bits per heavy atom. The summed E-state index contributed by atoms with van der Waals surface area (Å²) in [5.41, 5.74) is 2.30. The van der Waals surface area contributed by atoms with Crippen LogP contribution in [0.3, 0.4) is 0 Å². The van der Waals surface area contributed by atoms with E-state index in [4.69, 9.17) is 4.98 Å². The van der Waals surface area contributed by atoms with Crippen LogP contribution in [0, 0.1) is 0 Å². The van der Waals surface area contributed by atoms with Crippen molar-refractivity contribution in [1.29, 1.82) is 0 Å². The first-order chi connectivity index (χ1) is 12.6. The molecule has 0 unspecified atom stereocenters. The lowest BCUT2D eigenvalue weighted by molar-refractivity contribution is 0.0952. The molecule has 1 N–H and O–H groups in total. The summed E-state index contributed by atoms with van der Waals surface area (Å²) in [5.74, 6) is -0.0791. The van der Waals surface area contributed by atoms with E-state index in [1.807, 2.05) is 49.3 Å². The largest absolute Gasteiger partial charge is 0.351 e. The van der Waals surface area contributed by atoms with E-state index in [0.29, 0.717) is 12.1 Å². The third-order valence-corrected chi connectivity index (χ3v) is 4.62. The Hall–Kier alpha value is -2.98. The molecule has 0 aliphatic rings. The van der Waals surface area contributed by atoms with Gasteiger partial charge in [-0.1, -0.05) is 48.5 Å². The van der Waals surface area contributed by atoms with Gasteiger partial charge in [0.05, 0.1) is 16.6 Å². The topological polar surface area (TPSA) is 45.2 Å². The molecule has 0 fully saturated rings. The van der Waals surface area contributed by atoms with Crippen LogP contribution >= 0.6 is 0 Å². The fraction of sp³-hybridized carbons (Fsp3) is 0.182. The molecule has 0 radical (unpaired) electrons. The number of aromatic nitrogens is 1. The van der Waals surface area contributed by atoms with Crippen LogP contribution in [-0.4, -0.2) is 43.0 Å². The predicted molar refractivity (Wildman–Crippen MR) is 108 cm³/mol. The molecular weight excluding hydrogens is 322 g/mol. The van der Waals surface area contributed by atoms with E-state index in [0.717, 1.165) is 39.1 Å². The Morgan fingerprint density at radius 1 is 0.923 bits per heavy atom. The molecule has 26 heavy (non-hydrogen) atoms. The van der Waals surface area contributed by atoms with Gasteiger partial charge in [0.15, 0.2) is 0 Å². The lowest BCUT2D eigenvalue weighted by Gasteiger charge is -2.12. The van der Waals surface area contributed by atoms with Crippen LogP contribution in [0.15, 0.2) is 60.7 Å². The SMILES string of the molecule is CN(C)CCNC(=O)c1cccc2cc3ccc4ccccc4c3nc12. The van der Waals surface area contributed by atoms with Crippen LogP contribution in [0.25, 0.3) is 32.6 Å². The minimum absolute atomic E-state index is 0.0791. The second-order valence-electron chi connectivity index (χ2n) is 6.78. The third-order valence-electron chi connectivity index (χ3n) is 4.62. The maximum Gasteiger partial charge on any atom is 0.253 e. The van der Waals surface area contributed by atoms with Crippen molar-refractivity contribution in [2.24, 2.45) is 0 Å². The summed E-state index contributed by atoms with van der Waals surface area (Å²) in [4.78, 5) is 19.6. The number of fused-ring (bicyclic) bond motifs is 4. The van der Waals surface area contributed by atoms with Gasteiger partial charge in [0, 0.05) is 29.2 Å². The van der Waals surface area contributed by atoms with Gasteiger partial charge in [0.2, 0.25) is 0 Å². The zero-order valence-corrected chi connectivity index (χ0v) is 15.0. The number of rotatable bonds is 4. The molecule has 4 heteroatoms. The number of carbonyl (C=O) groups is 1. The summed E-state index contributed by atoms with van der Waals surface area (Å²) in [6.45, 7) is 1.41. The number of nitrogens with zero attached hydrogens (tertiary/aromatic N) is 2. The van der Waals surface area contributed by atoms with Gasteiger partial charge in [0.1, 0.15) is 0 Å². The minimum atomic E-state index is -0.0791. The maximum atomic E-state index is 12.7. The number of hydrogen-bond acceptors (Lipinski definition) is 3. The molecule has 0 atom stereocenters. The molecule has 0 spiro atoms. The highest BCUT2D eigenvalue weighted by molar-refractivity contribution is 6.12. The molecule has 1 amide bonds. The molecule has 1 aromatic heterocycles. The maximum absolute atomic E-state index is 12.7. The zero-order chi connectivity index (χ0) is 18.1.